The van der Waals surface area contributed by atoms with Crippen LogP contribution in [0, 0.1) is 5.82 Å². The highest BCUT2D eigenvalue weighted by atomic mass is 19.1. The Balaban J connectivity index is 1.99. The summed E-state index contributed by atoms with van der Waals surface area (Å²) in [5.74, 6) is 0.508. The van der Waals surface area contributed by atoms with Crippen molar-refractivity contribution in [2.45, 2.75) is 25.5 Å². The van der Waals surface area contributed by atoms with Crippen LogP contribution in [0.2, 0.25) is 0 Å². The lowest BCUT2D eigenvalue weighted by molar-refractivity contribution is 0.0543. The third-order valence-corrected chi connectivity index (χ3v) is 3.83. The molecule has 0 saturated heterocycles. The maximum atomic E-state index is 13.0. The number of benzene rings is 2. The number of nitrogens with one attached hydrogen (secondary N) is 1. The number of hydrogen-bond acceptors (Lipinski definition) is 3. The van der Waals surface area contributed by atoms with Crippen molar-refractivity contribution in [3.05, 3.63) is 65.5 Å². The lowest BCUT2D eigenvalue weighted by Gasteiger charge is -2.26. The van der Waals surface area contributed by atoms with Crippen molar-refractivity contribution >= 4 is 0 Å². The molecule has 0 aliphatic rings. The standard InChI is InChI=1S/C18H22FNO2/c1-13(14-4-10-17(22-3)11-5-14)20-12-18(2,21)15-6-8-16(19)9-7-15/h4-11,13,20-21H,12H2,1-3H3. The van der Waals surface area contributed by atoms with Gasteiger partial charge in [-0.05, 0) is 49.2 Å². The van der Waals surface area contributed by atoms with E-state index in [0.29, 0.717) is 12.1 Å². The van der Waals surface area contributed by atoms with E-state index in [-0.39, 0.29) is 11.9 Å². The molecular formula is C18H22FNO2. The van der Waals surface area contributed by atoms with Crippen LogP contribution in [0.3, 0.4) is 0 Å². The Kier molecular flexibility index (Phi) is 5.16. The van der Waals surface area contributed by atoms with Gasteiger partial charge in [0.05, 0.1) is 12.7 Å². The second kappa shape index (κ2) is 6.90. The van der Waals surface area contributed by atoms with Gasteiger partial charge in [0.25, 0.3) is 0 Å². The molecular weight excluding hydrogens is 281 g/mol. The van der Waals surface area contributed by atoms with Crippen molar-refractivity contribution in [1.29, 1.82) is 0 Å². The minimum atomic E-state index is -1.06. The normalized spacial score (nSPS) is 15.1. The first kappa shape index (κ1) is 16.5. The van der Waals surface area contributed by atoms with Gasteiger partial charge in [0.15, 0.2) is 0 Å². The topological polar surface area (TPSA) is 41.5 Å². The van der Waals surface area contributed by atoms with Gasteiger partial charge < -0.3 is 15.2 Å². The smallest absolute Gasteiger partial charge is 0.123 e. The van der Waals surface area contributed by atoms with E-state index in [0.717, 1.165) is 11.3 Å². The average molecular weight is 303 g/mol. The molecule has 2 N–H and O–H groups in total. The van der Waals surface area contributed by atoms with E-state index in [1.54, 1.807) is 26.2 Å². The molecule has 2 aromatic carbocycles. The van der Waals surface area contributed by atoms with Gasteiger partial charge in [-0.15, -0.1) is 0 Å². The molecule has 0 aliphatic carbocycles. The first-order valence-electron chi connectivity index (χ1n) is 7.28. The molecule has 0 heterocycles. The summed E-state index contributed by atoms with van der Waals surface area (Å²) >= 11 is 0. The second-order valence-electron chi connectivity index (χ2n) is 5.66. The summed E-state index contributed by atoms with van der Waals surface area (Å²) in [6.07, 6.45) is 0. The third kappa shape index (κ3) is 4.06. The third-order valence-electron chi connectivity index (χ3n) is 3.83. The van der Waals surface area contributed by atoms with Crippen LogP contribution in [0.25, 0.3) is 0 Å². The molecule has 2 unspecified atom stereocenters. The van der Waals surface area contributed by atoms with Gasteiger partial charge in [0.2, 0.25) is 0 Å². The predicted octanol–water partition coefficient (Wildman–Crippen LogP) is 3.39. The van der Waals surface area contributed by atoms with Gasteiger partial charge in [0.1, 0.15) is 11.6 Å². The molecule has 2 atom stereocenters. The lowest BCUT2D eigenvalue weighted by Crippen LogP contribution is -2.36. The maximum absolute atomic E-state index is 13.0. The molecule has 0 saturated carbocycles. The summed E-state index contributed by atoms with van der Waals surface area (Å²) in [7, 11) is 1.64. The fourth-order valence-electron chi connectivity index (χ4n) is 2.27. The molecule has 118 valence electrons. The van der Waals surface area contributed by atoms with Gasteiger partial charge in [-0.2, -0.15) is 0 Å². The zero-order valence-electron chi connectivity index (χ0n) is 13.1. The van der Waals surface area contributed by atoms with Crippen LogP contribution in [0.1, 0.15) is 31.0 Å². The molecule has 0 radical (unpaired) electrons. The lowest BCUT2D eigenvalue weighted by atomic mass is 9.95. The molecule has 0 aliphatic heterocycles. The van der Waals surface area contributed by atoms with Crippen LogP contribution >= 0.6 is 0 Å². The highest BCUT2D eigenvalue weighted by Gasteiger charge is 2.23. The second-order valence-corrected chi connectivity index (χ2v) is 5.66. The zero-order valence-corrected chi connectivity index (χ0v) is 13.1. The quantitative estimate of drug-likeness (QED) is 0.859. The van der Waals surface area contributed by atoms with Crippen LogP contribution in [0.5, 0.6) is 5.75 Å². The van der Waals surface area contributed by atoms with Gasteiger partial charge in [-0.25, -0.2) is 4.39 Å². The highest BCUT2D eigenvalue weighted by molar-refractivity contribution is 5.29. The van der Waals surface area contributed by atoms with Crippen molar-refractivity contribution in [2.75, 3.05) is 13.7 Å². The maximum Gasteiger partial charge on any atom is 0.123 e. The summed E-state index contributed by atoms with van der Waals surface area (Å²) in [4.78, 5) is 0. The number of ether oxygens (including phenoxy) is 1. The molecule has 2 rings (SSSR count). The average Bonchev–Trinajstić information content (AvgIpc) is 2.53. The first-order chi connectivity index (χ1) is 10.4. The predicted molar refractivity (Wildman–Crippen MR) is 85.4 cm³/mol. The van der Waals surface area contributed by atoms with Crippen LogP contribution in [0.15, 0.2) is 48.5 Å². The van der Waals surface area contributed by atoms with Gasteiger partial charge in [0, 0.05) is 12.6 Å². The van der Waals surface area contributed by atoms with Crippen LogP contribution in [0.4, 0.5) is 4.39 Å². The van der Waals surface area contributed by atoms with Crippen LogP contribution in [-0.4, -0.2) is 18.8 Å². The van der Waals surface area contributed by atoms with E-state index >= 15 is 0 Å². The fraction of sp³-hybridized carbons (Fsp3) is 0.333. The Hall–Kier alpha value is -1.91. The molecule has 2 aromatic rings. The Morgan fingerprint density at radius 3 is 2.27 bits per heavy atom. The minimum absolute atomic E-state index is 0.0813. The van der Waals surface area contributed by atoms with Gasteiger partial charge >= 0.3 is 0 Å². The van der Waals surface area contributed by atoms with Crippen molar-refractivity contribution in [3.63, 3.8) is 0 Å². The summed E-state index contributed by atoms with van der Waals surface area (Å²) in [5, 5.41) is 13.9. The number of halogens is 1. The molecule has 3 nitrogen and oxygen atoms in total. The van der Waals surface area contributed by atoms with Gasteiger partial charge in [-0.3, -0.25) is 0 Å². The summed E-state index contributed by atoms with van der Waals surface area (Å²) in [6, 6.07) is 13.8. The SMILES string of the molecule is COc1ccc(C(C)NCC(C)(O)c2ccc(F)cc2)cc1. The summed E-state index contributed by atoms with van der Waals surface area (Å²) < 4.78 is 18.1. The van der Waals surface area contributed by atoms with Gasteiger partial charge in [-0.1, -0.05) is 24.3 Å². The molecule has 4 heteroatoms. The molecule has 0 fully saturated rings. The zero-order chi connectivity index (χ0) is 16.2. The molecule has 0 bridgehead atoms. The highest BCUT2D eigenvalue weighted by Crippen LogP contribution is 2.22. The van der Waals surface area contributed by atoms with E-state index < -0.39 is 5.60 Å². The van der Waals surface area contributed by atoms with E-state index in [2.05, 4.69) is 5.32 Å². The fourth-order valence-corrected chi connectivity index (χ4v) is 2.27. The molecule has 0 aromatic heterocycles. The number of aliphatic hydroxyl groups is 1. The molecule has 0 spiro atoms. The van der Waals surface area contributed by atoms with Crippen molar-refractivity contribution in [2.24, 2.45) is 0 Å². The first-order valence-corrected chi connectivity index (χ1v) is 7.28. The molecule has 0 amide bonds. The number of rotatable bonds is 6. The Morgan fingerprint density at radius 2 is 1.73 bits per heavy atom. The number of hydrogen-bond donors (Lipinski definition) is 2. The summed E-state index contributed by atoms with van der Waals surface area (Å²) in [6.45, 7) is 4.11. The Bertz CT molecular complexity index is 593. The Labute approximate surface area is 130 Å². The van der Waals surface area contributed by atoms with E-state index in [4.69, 9.17) is 4.74 Å². The van der Waals surface area contributed by atoms with E-state index in [1.807, 2.05) is 31.2 Å². The van der Waals surface area contributed by atoms with Crippen molar-refractivity contribution in [1.82, 2.24) is 5.32 Å². The van der Waals surface area contributed by atoms with Crippen molar-refractivity contribution in [3.8, 4) is 5.75 Å². The van der Waals surface area contributed by atoms with E-state index in [9.17, 15) is 9.50 Å². The number of methoxy groups -OCH3 is 1. The minimum Gasteiger partial charge on any atom is -0.497 e. The van der Waals surface area contributed by atoms with Crippen LogP contribution < -0.4 is 10.1 Å². The monoisotopic (exact) mass is 303 g/mol. The Morgan fingerprint density at radius 1 is 1.14 bits per heavy atom. The van der Waals surface area contributed by atoms with Crippen molar-refractivity contribution < 1.29 is 14.2 Å². The largest absolute Gasteiger partial charge is 0.497 e. The summed E-state index contributed by atoms with van der Waals surface area (Å²) in [5.41, 5.74) is 0.730. The van der Waals surface area contributed by atoms with E-state index in [1.165, 1.54) is 12.1 Å². The molecule has 22 heavy (non-hydrogen) atoms. The van der Waals surface area contributed by atoms with Crippen LogP contribution in [-0.2, 0) is 5.60 Å².